The van der Waals surface area contributed by atoms with Gasteiger partial charge in [-0.3, -0.25) is 0 Å². The molecule has 0 nitrogen and oxygen atoms in total. The molecule has 1 heteroatoms. The van der Waals surface area contributed by atoms with Crippen LogP contribution in [0.2, 0.25) is 0 Å². The molecule has 60 valence electrons. The highest BCUT2D eigenvalue weighted by Gasteiger charge is 2.02. The number of unbranched alkanes of at least 4 members (excludes halogenated alkanes) is 1. The standard InChI is InChI=1S/C9H17Cl/c1-4-6-7-8(3)9(10)5-2/h5,8H,4,6-7H2,1-3H3. The molecule has 0 saturated carbocycles. The van der Waals surface area contributed by atoms with Gasteiger partial charge in [-0.15, -0.1) is 0 Å². The number of hydrogen-bond acceptors (Lipinski definition) is 0. The summed E-state index contributed by atoms with van der Waals surface area (Å²) >= 11 is 5.91. The lowest BCUT2D eigenvalue weighted by atomic mass is 10.0. The summed E-state index contributed by atoms with van der Waals surface area (Å²) in [6, 6.07) is 0. The van der Waals surface area contributed by atoms with Crippen molar-refractivity contribution in [3.05, 3.63) is 11.1 Å². The molecule has 0 aliphatic carbocycles. The molecular formula is C9H17Cl. The number of rotatable bonds is 4. The smallest absolute Gasteiger partial charge is 0.0166 e. The van der Waals surface area contributed by atoms with E-state index >= 15 is 0 Å². The Labute approximate surface area is 69.3 Å². The summed E-state index contributed by atoms with van der Waals surface area (Å²) in [5, 5.41) is 1.01. The molecule has 0 radical (unpaired) electrons. The van der Waals surface area contributed by atoms with Crippen LogP contribution >= 0.6 is 11.6 Å². The molecular weight excluding hydrogens is 144 g/mol. The van der Waals surface area contributed by atoms with Gasteiger partial charge in [0.25, 0.3) is 0 Å². The minimum atomic E-state index is 0.562. The predicted molar refractivity (Wildman–Crippen MR) is 48.3 cm³/mol. The average Bonchev–Trinajstić information content (AvgIpc) is 1.98. The number of hydrogen-bond donors (Lipinski definition) is 0. The molecule has 0 heterocycles. The van der Waals surface area contributed by atoms with E-state index in [2.05, 4.69) is 13.8 Å². The Bertz CT molecular complexity index is 105. The molecule has 1 unspecified atom stereocenters. The molecule has 0 spiro atoms. The predicted octanol–water partition coefficient (Wildman–Crippen LogP) is 3.96. The lowest BCUT2D eigenvalue weighted by Crippen LogP contribution is -1.93. The summed E-state index contributed by atoms with van der Waals surface area (Å²) in [6.45, 7) is 6.37. The first-order valence-corrected chi connectivity index (χ1v) is 4.41. The molecule has 10 heavy (non-hydrogen) atoms. The van der Waals surface area contributed by atoms with Gasteiger partial charge in [0.05, 0.1) is 0 Å². The second kappa shape index (κ2) is 5.79. The van der Waals surface area contributed by atoms with E-state index in [-0.39, 0.29) is 0 Å². The second-order valence-electron chi connectivity index (χ2n) is 2.72. The third-order valence-corrected chi connectivity index (χ3v) is 2.33. The molecule has 0 aromatic heterocycles. The Kier molecular flexibility index (Phi) is 5.81. The fourth-order valence-electron chi connectivity index (χ4n) is 0.933. The topological polar surface area (TPSA) is 0 Å². The van der Waals surface area contributed by atoms with Gasteiger partial charge >= 0.3 is 0 Å². The van der Waals surface area contributed by atoms with Crippen molar-refractivity contribution in [3.8, 4) is 0 Å². The van der Waals surface area contributed by atoms with Gasteiger partial charge in [-0.1, -0.05) is 44.4 Å². The zero-order chi connectivity index (χ0) is 7.98. The van der Waals surface area contributed by atoms with Gasteiger partial charge in [0.2, 0.25) is 0 Å². The molecule has 0 bridgehead atoms. The quantitative estimate of drug-likeness (QED) is 0.584. The van der Waals surface area contributed by atoms with Crippen LogP contribution in [0.4, 0.5) is 0 Å². The van der Waals surface area contributed by atoms with Crippen LogP contribution < -0.4 is 0 Å². The van der Waals surface area contributed by atoms with Crippen LogP contribution in [0.25, 0.3) is 0 Å². The van der Waals surface area contributed by atoms with Crippen molar-refractivity contribution < 1.29 is 0 Å². The molecule has 0 amide bonds. The van der Waals surface area contributed by atoms with E-state index in [1.165, 1.54) is 19.3 Å². The fraction of sp³-hybridized carbons (Fsp3) is 0.778. The molecule has 0 saturated heterocycles. The van der Waals surface area contributed by atoms with Crippen molar-refractivity contribution in [1.82, 2.24) is 0 Å². The summed E-state index contributed by atoms with van der Waals surface area (Å²) in [7, 11) is 0. The Morgan fingerprint density at radius 3 is 2.60 bits per heavy atom. The van der Waals surface area contributed by atoms with Crippen molar-refractivity contribution >= 4 is 11.6 Å². The lowest BCUT2D eigenvalue weighted by molar-refractivity contribution is 0.589. The molecule has 1 atom stereocenters. The largest absolute Gasteiger partial charge is 0.0892 e. The molecule has 0 rings (SSSR count). The Balaban J connectivity index is 3.51. The van der Waals surface area contributed by atoms with Gasteiger partial charge in [-0.05, 0) is 19.3 Å². The van der Waals surface area contributed by atoms with Crippen LogP contribution in [0.3, 0.4) is 0 Å². The SMILES string of the molecule is CC=C(Cl)C(C)CCCC. The fourth-order valence-corrected chi connectivity index (χ4v) is 1.04. The second-order valence-corrected chi connectivity index (χ2v) is 3.15. The zero-order valence-electron chi connectivity index (χ0n) is 7.15. The van der Waals surface area contributed by atoms with Crippen molar-refractivity contribution in [1.29, 1.82) is 0 Å². The normalized spacial score (nSPS) is 15.4. The first-order chi connectivity index (χ1) is 4.72. The van der Waals surface area contributed by atoms with Gasteiger partial charge < -0.3 is 0 Å². The molecule has 0 fully saturated rings. The maximum absolute atomic E-state index is 5.91. The Morgan fingerprint density at radius 2 is 2.20 bits per heavy atom. The molecule has 0 aliphatic rings. The number of allylic oxidation sites excluding steroid dienone is 2. The summed E-state index contributed by atoms with van der Waals surface area (Å²) < 4.78 is 0. The first-order valence-electron chi connectivity index (χ1n) is 4.04. The summed E-state index contributed by atoms with van der Waals surface area (Å²) in [5.41, 5.74) is 0. The molecule has 0 aromatic carbocycles. The minimum Gasteiger partial charge on any atom is -0.0892 e. The maximum atomic E-state index is 5.91. The van der Waals surface area contributed by atoms with Crippen LogP contribution in [-0.2, 0) is 0 Å². The van der Waals surface area contributed by atoms with E-state index in [0.29, 0.717) is 5.92 Å². The van der Waals surface area contributed by atoms with Crippen molar-refractivity contribution in [2.24, 2.45) is 5.92 Å². The minimum absolute atomic E-state index is 0.562. The average molecular weight is 161 g/mol. The van der Waals surface area contributed by atoms with Crippen LogP contribution in [-0.4, -0.2) is 0 Å². The highest BCUT2D eigenvalue weighted by molar-refractivity contribution is 6.29. The molecule has 0 aromatic rings. The van der Waals surface area contributed by atoms with Crippen LogP contribution in [0.5, 0.6) is 0 Å². The molecule has 0 aliphatic heterocycles. The third kappa shape index (κ3) is 3.94. The third-order valence-electron chi connectivity index (χ3n) is 1.74. The van der Waals surface area contributed by atoms with E-state index in [1.807, 2.05) is 13.0 Å². The summed E-state index contributed by atoms with van der Waals surface area (Å²) in [6.07, 6.45) is 5.75. The monoisotopic (exact) mass is 160 g/mol. The van der Waals surface area contributed by atoms with Crippen molar-refractivity contribution in [3.63, 3.8) is 0 Å². The Hall–Kier alpha value is 0.0300. The van der Waals surface area contributed by atoms with E-state index in [0.717, 1.165) is 5.03 Å². The summed E-state index contributed by atoms with van der Waals surface area (Å²) in [4.78, 5) is 0. The van der Waals surface area contributed by atoms with Crippen LogP contribution in [0.15, 0.2) is 11.1 Å². The first kappa shape index (κ1) is 10.0. The maximum Gasteiger partial charge on any atom is 0.0166 e. The van der Waals surface area contributed by atoms with Crippen LogP contribution in [0.1, 0.15) is 40.0 Å². The van der Waals surface area contributed by atoms with E-state index < -0.39 is 0 Å². The van der Waals surface area contributed by atoms with E-state index in [1.54, 1.807) is 0 Å². The highest BCUT2D eigenvalue weighted by Crippen LogP contribution is 2.20. The Morgan fingerprint density at radius 1 is 1.60 bits per heavy atom. The zero-order valence-corrected chi connectivity index (χ0v) is 7.91. The van der Waals surface area contributed by atoms with Crippen molar-refractivity contribution in [2.45, 2.75) is 40.0 Å². The van der Waals surface area contributed by atoms with E-state index in [4.69, 9.17) is 11.6 Å². The highest BCUT2D eigenvalue weighted by atomic mass is 35.5. The van der Waals surface area contributed by atoms with Crippen LogP contribution in [0, 0.1) is 5.92 Å². The van der Waals surface area contributed by atoms with Gasteiger partial charge in [0, 0.05) is 5.03 Å². The van der Waals surface area contributed by atoms with Gasteiger partial charge in [-0.2, -0.15) is 0 Å². The molecule has 0 N–H and O–H groups in total. The lowest BCUT2D eigenvalue weighted by Gasteiger charge is -2.07. The summed E-state index contributed by atoms with van der Waals surface area (Å²) in [5.74, 6) is 0.562. The number of halogens is 1. The van der Waals surface area contributed by atoms with Gasteiger partial charge in [-0.25, -0.2) is 0 Å². The van der Waals surface area contributed by atoms with Gasteiger partial charge in [0.15, 0.2) is 0 Å². The van der Waals surface area contributed by atoms with E-state index in [9.17, 15) is 0 Å². The van der Waals surface area contributed by atoms with Gasteiger partial charge in [0.1, 0.15) is 0 Å². The van der Waals surface area contributed by atoms with Crippen molar-refractivity contribution in [2.75, 3.05) is 0 Å².